The molecular weight excluding hydrogens is 335 g/mol. The number of H-pyrrole nitrogens is 1. The van der Waals surface area contributed by atoms with Crippen molar-refractivity contribution in [1.82, 2.24) is 19.1 Å². The fourth-order valence-corrected chi connectivity index (χ4v) is 3.77. The molecule has 0 fully saturated rings. The Bertz CT molecular complexity index is 1200. The average Bonchev–Trinajstić information content (AvgIpc) is 3.10. The lowest BCUT2D eigenvalue weighted by Gasteiger charge is -2.18. The van der Waals surface area contributed by atoms with Gasteiger partial charge in [0.1, 0.15) is 11.5 Å². The summed E-state index contributed by atoms with van der Waals surface area (Å²) < 4.78 is 16.8. The van der Waals surface area contributed by atoms with Gasteiger partial charge in [-0.2, -0.15) is 0 Å². The first-order valence-electron chi connectivity index (χ1n) is 8.32. The molecule has 130 valence electrons. The monoisotopic (exact) mass is 350 g/mol. The molecule has 2 N–H and O–H groups in total. The molecule has 0 saturated carbocycles. The quantitative estimate of drug-likeness (QED) is 0.513. The number of pyridine rings is 1. The van der Waals surface area contributed by atoms with Crippen molar-refractivity contribution < 1.29 is 9.50 Å². The van der Waals surface area contributed by atoms with Crippen LogP contribution in [0.1, 0.15) is 22.5 Å². The number of hydrogen-bond donors (Lipinski definition) is 2. The van der Waals surface area contributed by atoms with E-state index < -0.39 is 0 Å². The van der Waals surface area contributed by atoms with Crippen molar-refractivity contribution in [3.8, 4) is 5.88 Å². The van der Waals surface area contributed by atoms with Crippen LogP contribution in [0, 0.1) is 5.82 Å². The van der Waals surface area contributed by atoms with Crippen LogP contribution in [0.15, 0.2) is 47.4 Å². The van der Waals surface area contributed by atoms with Crippen LogP contribution in [0.4, 0.5) is 4.39 Å². The molecule has 0 aliphatic carbocycles. The number of aromatic hydroxyl groups is 1. The molecule has 7 heteroatoms. The maximum atomic E-state index is 13.2. The molecule has 0 atom stereocenters. The van der Waals surface area contributed by atoms with Crippen molar-refractivity contribution in [1.29, 1.82) is 0 Å². The van der Waals surface area contributed by atoms with Crippen molar-refractivity contribution in [3.63, 3.8) is 0 Å². The number of halogens is 1. The molecule has 0 saturated heterocycles. The van der Waals surface area contributed by atoms with Crippen molar-refractivity contribution in [3.05, 3.63) is 81.4 Å². The van der Waals surface area contributed by atoms with Gasteiger partial charge in [-0.3, -0.25) is 9.55 Å². The van der Waals surface area contributed by atoms with Crippen molar-refractivity contribution in [2.45, 2.75) is 19.5 Å². The van der Waals surface area contributed by atoms with Gasteiger partial charge in [-0.15, -0.1) is 0 Å². The number of nitrogens with zero attached hydrogens (tertiary/aromatic N) is 3. The molecule has 6 nitrogen and oxygen atoms in total. The Balaban J connectivity index is 1.70. The Morgan fingerprint density at radius 1 is 1.19 bits per heavy atom. The molecule has 0 amide bonds. The highest BCUT2D eigenvalue weighted by molar-refractivity contribution is 5.83. The summed E-state index contributed by atoms with van der Waals surface area (Å²) >= 11 is 0. The predicted molar refractivity (Wildman–Crippen MR) is 93.9 cm³/mol. The zero-order valence-electron chi connectivity index (χ0n) is 13.7. The minimum Gasteiger partial charge on any atom is -0.493 e. The predicted octanol–water partition coefficient (Wildman–Crippen LogP) is 2.37. The second-order valence-corrected chi connectivity index (χ2v) is 6.50. The first-order chi connectivity index (χ1) is 12.6. The van der Waals surface area contributed by atoms with Gasteiger partial charge in [-0.1, -0.05) is 12.1 Å². The van der Waals surface area contributed by atoms with Crippen molar-refractivity contribution in [2.24, 2.45) is 0 Å². The second-order valence-electron chi connectivity index (χ2n) is 6.50. The van der Waals surface area contributed by atoms with E-state index in [0.717, 1.165) is 27.9 Å². The van der Waals surface area contributed by atoms with Crippen LogP contribution in [0.25, 0.3) is 11.0 Å². The summed E-state index contributed by atoms with van der Waals surface area (Å²) in [5.41, 5.74) is 4.08. The van der Waals surface area contributed by atoms with Crippen LogP contribution in [-0.4, -0.2) is 24.2 Å². The highest BCUT2D eigenvalue weighted by atomic mass is 19.1. The van der Waals surface area contributed by atoms with Gasteiger partial charge in [-0.05, 0) is 35.4 Å². The molecule has 4 aromatic rings. The van der Waals surface area contributed by atoms with Gasteiger partial charge in [-0.25, -0.2) is 14.2 Å². The Morgan fingerprint density at radius 2 is 2.00 bits per heavy atom. The fraction of sp³-hybridized carbons (Fsp3) is 0.158. The van der Waals surface area contributed by atoms with Crippen molar-refractivity contribution >= 4 is 11.0 Å². The van der Waals surface area contributed by atoms with Crippen molar-refractivity contribution in [2.75, 3.05) is 0 Å². The Morgan fingerprint density at radius 3 is 2.81 bits per heavy atom. The third kappa shape index (κ3) is 2.10. The highest BCUT2D eigenvalue weighted by Gasteiger charge is 2.27. The molecule has 1 aliphatic heterocycles. The van der Waals surface area contributed by atoms with E-state index in [1.54, 1.807) is 22.9 Å². The van der Waals surface area contributed by atoms with E-state index in [1.165, 1.54) is 12.1 Å². The molecule has 5 rings (SSSR count). The van der Waals surface area contributed by atoms with Gasteiger partial charge in [0.2, 0.25) is 5.88 Å². The van der Waals surface area contributed by atoms with E-state index in [4.69, 9.17) is 0 Å². The minimum absolute atomic E-state index is 0.0797. The second kappa shape index (κ2) is 5.32. The summed E-state index contributed by atoms with van der Waals surface area (Å²) in [7, 11) is 0. The van der Waals surface area contributed by atoms with Crippen LogP contribution >= 0.6 is 0 Å². The largest absolute Gasteiger partial charge is 0.493 e. The molecule has 0 bridgehead atoms. The first-order valence-corrected chi connectivity index (χ1v) is 8.32. The SMILES string of the molecule is O=c1[nH]c(O)c2n1Cc1c(c3cccnc3n1Cc1ccc(F)cc1)C2. The summed E-state index contributed by atoms with van der Waals surface area (Å²) in [6, 6.07) is 10.3. The zero-order valence-corrected chi connectivity index (χ0v) is 13.7. The lowest BCUT2D eigenvalue weighted by Crippen LogP contribution is -2.25. The van der Waals surface area contributed by atoms with E-state index in [9.17, 15) is 14.3 Å². The number of imidazole rings is 1. The van der Waals surface area contributed by atoms with Gasteiger partial charge < -0.3 is 9.67 Å². The third-order valence-electron chi connectivity index (χ3n) is 5.02. The molecule has 3 aromatic heterocycles. The van der Waals surface area contributed by atoms with Gasteiger partial charge in [0, 0.05) is 30.2 Å². The Labute approximate surface area is 147 Å². The maximum Gasteiger partial charge on any atom is 0.328 e. The minimum atomic E-state index is -0.324. The van der Waals surface area contributed by atoms with E-state index in [0.29, 0.717) is 25.2 Å². The topological polar surface area (TPSA) is 75.8 Å². The number of fused-ring (bicyclic) bond motifs is 4. The Hall–Kier alpha value is -3.35. The molecule has 4 heterocycles. The summed E-state index contributed by atoms with van der Waals surface area (Å²) in [4.78, 5) is 19.1. The number of hydrogen-bond acceptors (Lipinski definition) is 3. The molecule has 0 radical (unpaired) electrons. The van der Waals surface area contributed by atoms with Crippen LogP contribution in [0.5, 0.6) is 5.88 Å². The normalized spacial score (nSPS) is 13.0. The van der Waals surface area contributed by atoms with E-state index in [2.05, 4.69) is 14.5 Å². The Kier molecular flexibility index (Phi) is 3.06. The maximum absolute atomic E-state index is 13.2. The van der Waals surface area contributed by atoms with Gasteiger partial charge >= 0.3 is 5.69 Å². The molecular formula is C19H15FN4O2. The molecule has 0 spiro atoms. The van der Waals surface area contributed by atoms with Crippen LogP contribution in [0.2, 0.25) is 0 Å². The molecule has 1 aromatic carbocycles. The smallest absolute Gasteiger partial charge is 0.328 e. The van der Waals surface area contributed by atoms with E-state index in [-0.39, 0.29) is 17.4 Å². The summed E-state index contributed by atoms with van der Waals surface area (Å²) in [5.74, 6) is -0.353. The molecule has 1 aliphatic rings. The van der Waals surface area contributed by atoms with Gasteiger partial charge in [0.25, 0.3) is 0 Å². The lowest BCUT2D eigenvalue weighted by molar-refractivity contribution is 0.447. The third-order valence-corrected chi connectivity index (χ3v) is 5.02. The van der Waals surface area contributed by atoms with Crippen LogP contribution in [0.3, 0.4) is 0 Å². The zero-order chi connectivity index (χ0) is 17.8. The number of aromatic nitrogens is 4. The summed E-state index contributed by atoms with van der Waals surface area (Å²) in [6.07, 6.45) is 2.19. The molecule has 26 heavy (non-hydrogen) atoms. The van der Waals surface area contributed by atoms with Gasteiger partial charge in [0.15, 0.2) is 0 Å². The van der Waals surface area contributed by atoms with Gasteiger partial charge in [0.05, 0.1) is 12.2 Å². The number of nitrogens with one attached hydrogen (secondary N) is 1. The van der Waals surface area contributed by atoms with E-state index >= 15 is 0 Å². The molecule has 0 unspecified atom stereocenters. The van der Waals surface area contributed by atoms with Crippen LogP contribution < -0.4 is 5.69 Å². The average molecular weight is 350 g/mol. The number of rotatable bonds is 2. The fourth-order valence-electron chi connectivity index (χ4n) is 3.77. The number of aromatic amines is 1. The highest BCUT2D eigenvalue weighted by Crippen LogP contribution is 2.33. The summed E-state index contributed by atoms with van der Waals surface area (Å²) in [5, 5.41) is 11.0. The lowest BCUT2D eigenvalue weighted by atomic mass is 10.0. The summed E-state index contributed by atoms with van der Waals surface area (Å²) in [6.45, 7) is 0.891. The van der Waals surface area contributed by atoms with E-state index in [1.807, 2.05) is 12.1 Å². The number of benzene rings is 1. The van der Waals surface area contributed by atoms with Crippen LogP contribution in [-0.2, 0) is 19.5 Å². The first kappa shape index (κ1) is 14.9. The standard InChI is InChI=1S/C19H15FN4O2/c20-12-5-3-11(4-6-12)9-23-16-10-24-15(18(25)22-19(24)26)8-14(16)13-2-1-7-21-17(13)23/h1-7,25H,8-10H2,(H,22,26).